The summed E-state index contributed by atoms with van der Waals surface area (Å²) in [5.74, 6) is 0.196. The molecule has 3 rings (SSSR count). The molecule has 0 amide bonds. The van der Waals surface area contributed by atoms with Crippen molar-refractivity contribution >= 4 is 21.7 Å². The SMILES string of the molecule is COC(=O)CC1c2cc(OC)c(OC)cc2S(=O)(=O)N1c1ccccc1. The van der Waals surface area contributed by atoms with E-state index in [1.54, 1.807) is 36.4 Å². The van der Waals surface area contributed by atoms with E-state index >= 15 is 0 Å². The average molecular weight is 377 g/mol. The first kappa shape index (κ1) is 18.1. The molecule has 2 aromatic rings. The molecule has 1 aliphatic rings. The van der Waals surface area contributed by atoms with Crippen molar-refractivity contribution in [3.05, 3.63) is 48.0 Å². The number of fused-ring (bicyclic) bond motifs is 1. The summed E-state index contributed by atoms with van der Waals surface area (Å²) >= 11 is 0. The van der Waals surface area contributed by atoms with Gasteiger partial charge >= 0.3 is 5.97 Å². The lowest BCUT2D eigenvalue weighted by Crippen LogP contribution is -2.29. The molecule has 0 bridgehead atoms. The van der Waals surface area contributed by atoms with Gasteiger partial charge in [0.15, 0.2) is 11.5 Å². The molecule has 1 unspecified atom stereocenters. The van der Waals surface area contributed by atoms with Crippen molar-refractivity contribution in [1.82, 2.24) is 0 Å². The maximum absolute atomic E-state index is 13.2. The molecular formula is C18H19NO6S. The van der Waals surface area contributed by atoms with Gasteiger partial charge in [0.25, 0.3) is 10.0 Å². The third kappa shape index (κ3) is 2.86. The fourth-order valence-electron chi connectivity index (χ4n) is 3.09. The van der Waals surface area contributed by atoms with Crippen LogP contribution in [-0.4, -0.2) is 35.7 Å². The fourth-order valence-corrected chi connectivity index (χ4v) is 4.97. The van der Waals surface area contributed by atoms with Gasteiger partial charge in [0.05, 0.1) is 44.4 Å². The van der Waals surface area contributed by atoms with E-state index in [1.165, 1.54) is 31.7 Å². The molecule has 0 aliphatic carbocycles. The number of carbonyl (C=O) groups excluding carboxylic acids is 1. The number of ether oxygens (including phenoxy) is 3. The van der Waals surface area contributed by atoms with E-state index in [4.69, 9.17) is 14.2 Å². The van der Waals surface area contributed by atoms with Crippen molar-refractivity contribution in [2.75, 3.05) is 25.6 Å². The smallest absolute Gasteiger partial charge is 0.307 e. The lowest BCUT2D eigenvalue weighted by molar-refractivity contribution is -0.141. The van der Waals surface area contributed by atoms with Crippen LogP contribution in [0.25, 0.3) is 0 Å². The summed E-state index contributed by atoms with van der Waals surface area (Å²) in [7, 11) is 0.309. The van der Waals surface area contributed by atoms with Crippen molar-refractivity contribution in [2.45, 2.75) is 17.4 Å². The standard InChI is InChI=1S/C18H19NO6S/c1-23-15-9-13-14(10-18(20)25-3)19(12-7-5-4-6-8-12)26(21,22)17(13)11-16(15)24-2/h4-9,11,14H,10H2,1-3H3. The van der Waals surface area contributed by atoms with E-state index in [-0.39, 0.29) is 11.3 Å². The van der Waals surface area contributed by atoms with Gasteiger partial charge in [-0.15, -0.1) is 0 Å². The summed E-state index contributed by atoms with van der Waals surface area (Å²) in [6, 6.07) is 10.9. The fraction of sp³-hybridized carbons (Fsp3) is 0.278. The molecule has 138 valence electrons. The molecule has 1 atom stereocenters. The Bertz CT molecular complexity index is 926. The normalized spacial score (nSPS) is 17.5. The molecule has 0 fully saturated rings. The predicted octanol–water partition coefficient (Wildman–Crippen LogP) is 2.52. The van der Waals surface area contributed by atoms with Crippen LogP contribution >= 0.6 is 0 Å². The third-order valence-corrected chi connectivity index (χ3v) is 6.19. The molecule has 26 heavy (non-hydrogen) atoms. The molecule has 0 aromatic heterocycles. The van der Waals surface area contributed by atoms with Crippen LogP contribution in [0.5, 0.6) is 11.5 Å². The van der Waals surface area contributed by atoms with Crippen molar-refractivity contribution in [1.29, 1.82) is 0 Å². The van der Waals surface area contributed by atoms with Gasteiger partial charge in [0, 0.05) is 11.6 Å². The first-order valence-electron chi connectivity index (χ1n) is 7.86. The molecule has 0 saturated heterocycles. The van der Waals surface area contributed by atoms with Crippen molar-refractivity contribution < 1.29 is 27.4 Å². The Hall–Kier alpha value is -2.74. The molecule has 7 nitrogen and oxygen atoms in total. The number of nitrogens with zero attached hydrogens (tertiary/aromatic N) is 1. The van der Waals surface area contributed by atoms with Crippen LogP contribution in [0.4, 0.5) is 5.69 Å². The second kappa shape index (κ2) is 6.87. The summed E-state index contributed by atoms with van der Waals surface area (Å²) in [6.07, 6.45) is -0.118. The molecule has 2 aromatic carbocycles. The first-order valence-corrected chi connectivity index (χ1v) is 9.30. The topological polar surface area (TPSA) is 82.1 Å². The number of hydrogen-bond acceptors (Lipinski definition) is 6. The summed E-state index contributed by atoms with van der Waals surface area (Å²) in [4.78, 5) is 12.0. The number of hydrogen-bond donors (Lipinski definition) is 0. The quantitative estimate of drug-likeness (QED) is 0.745. The Kier molecular flexibility index (Phi) is 4.78. The Morgan fingerprint density at radius 2 is 1.65 bits per heavy atom. The van der Waals surface area contributed by atoms with Crippen molar-refractivity contribution in [3.63, 3.8) is 0 Å². The van der Waals surface area contributed by atoms with Gasteiger partial charge in [-0.2, -0.15) is 0 Å². The summed E-state index contributed by atoms with van der Waals surface area (Å²) in [6.45, 7) is 0. The monoisotopic (exact) mass is 377 g/mol. The number of rotatable bonds is 5. The number of methoxy groups -OCH3 is 3. The van der Waals surface area contributed by atoms with E-state index in [9.17, 15) is 13.2 Å². The molecule has 0 spiro atoms. The minimum Gasteiger partial charge on any atom is -0.493 e. The van der Waals surface area contributed by atoms with E-state index in [1.807, 2.05) is 0 Å². The maximum atomic E-state index is 13.2. The number of sulfonamides is 1. The van der Waals surface area contributed by atoms with Gasteiger partial charge in [0.2, 0.25) is 0 Å². The lowest BCUT2D eigenvalue weighted by Gasteiger charge is -2.25. The average Bonchev–Trinajstić information content (AvgIpc) is 2.87. The summed E-state index contributed by atoms with van der Waals surface area (Å²) in [5.41, 5.74) is 0.937. The molecule has 0 saturated carbocycles. The predicted molar refractivity (Wildman–Crippen MR) is 95.0 cm³/mol. The summed E-state index contributed by atoms with van der Waals surface area (Å²) in [5, 5.41) is 0. The Labute approximate surface area is 152 Å². The highest BCUT2D eigenvalue weighted by atomic mass is 32.2. The molecule has 1 heterocycles. The second-order valence-electron chi connectivity index (χ2n) is 5.68. The van der Waals surface area contributed by atoms with Gasteiger partial charge < -0.3 is 14.2 Å². The van der Waals surface area contributed by atoms with Crippen molar-refractivity contribution in [3.8, 4) is 11.5 Å². The van der Waals surface area contributed by atoms with E-state index < -0.39 is 22.0 Å². The van der Waals surface area contributed by atoms with E-state index in [0.717, 1.165) is 0 Å². The van der Waals surface area contributed by atoms with Crippen LogP contribution in [0.3, 0.4) is 0 Å². The van der Waals surface area contributed by atoms with Crippen LogP contribution in [0.1, 0.15) is 18.0 Å². The Morgan fingerprint density at radius 1 is 1.04 bits per heavy atom. The largest absolute Gasteiger partial charge is 0.493 e. The van der Waals surface area contributed by atoms with Gasteiger partial charge in [0.1, 0.15) is 0 Å². The van der Waals surface area contributed by atoms with Gasteiger partial charge in [-0.05, 0) is 18.2 Å². The Morgan fingerprint density at radius 3 is 2.23 bits per heavy atom. The Balaban J connectivity index is 2.23. The first-order chi connectivity index (χ1) is 12.4. The van der Waals surface area contributed by atoms with Crippen molar-refractivity contribution in [2.24, 2.45) is 0 Å². The highest BCUT2D eigenvalue weighted by Crippen LogP contribution is 2.48. The van der Waals surface area contributed by atoms with Crippen LogP contribution in [0, 0.1) is 0 Å². The highest BCUT2D eigenvalue weighted by molar-refractivity contribution is 7.93. The van der Waals surface area contributed by atoms with Crippen LogP contribution in [0.15, 0.2) is 47.4 Å². The number of benzene rings is 2. The van der Waals surface area contributed by atoms with Gasteiger partial charge in [-0.25, -0.2) is 8.42 Å². The molecule has 8 heteroatoms. The zero-order valence-electron chi connectivity index (χ0n) is 14.6. The molecule has 1 aliphatic heterocycles. The summed E-state index contributed by atoms with van der Waals surface area (Å²) < 4.78 is 43.0. The zero-order chi connectivity index (χ0) is 18.9. The second-order valence-corrected chi connectivity index (χ2v) is 7.46. The van der Waals surface area contributed by atoms with Crippen LogP contribution < -0.4 is 13.8 Å². The minimum absolute atomic E-state index is 0.0907. The van der Waals surface area contributed by atoms with E-state index in [2.05, 4.69) is 0 Å². The maximum Gasteiger partial charge on any atom is 0.307 e. The lowest BCUT2D eigenvalue weighted by atomic mass is 10.0. The molecular weight excluding hydrogens is 358 g/mol. The third-order valence-electron chi connectivity index (χ3n) is 4.29. The molecule has 0 radical (unpaired) electrons. The van der Waals surface area contributed by atoms with E-state index in [0.29, 0.717) is 22.7 Å². The van der Waals surface area contributed by atoms with Gasteiger partial charge in [-0.1, -0.05) is 18.2 Å². The molecule has 0 N–H and O–H groups in total. The number of para-hydroxylation sites is 1. The number of anilines is 1. The van der Waals surface area contributed by atoms with Crippen LogP contribution in [-0.2, 0) is 19.6 Å². The minimum atomic E-state index is -3.87. The highest BCUT2D eigenvalue weighted by Gasteiger charge is 2.44. The zero-order valence-corrected chi connectivity index (χ0v) is 15.4. The number of carbonyl (C=O) groups is 1. The van der Waals surface area contributed by atoms with Gasteiger partial charge in [-0.3, -0.25) is 9.10 Å². The number of esters is 1. The van der Waals surface area contributed by atoms with Crippen LogP contribution in [0.2, 0.25) is 0 Å².